The second kappa shape index (κ2) is 13.6. The Balaban J connectivity index is 2.62. The molecule has 166 valence electrons. The van der Waals surface area contributed by atoms with E-state index in [1.807, 2.05) is 57.2 Å². The number of allylic oxidation sites excluding steroid dienone is 1. The zero-order chi connectivity index (χ0) is 22.4. The fraction of sp³-hybridized carbons (Fsp3) is 0.500. The van der Waals surface area contributed by atoms with Crippen LogP contribution < -0.4 is 4.74 Å². The lowest BCUT2D eigenvalue weighted by Crippen LogP contribution is -2.23. The Kier molecular flexibility index (Phi) is 11.5. The van der Waals surface area contributed by atoms with Crippen molar-refractivity contribution in [3.8, 4) is 5.75 Å². The number of benzene rings is 1. The number of hydrogen-bond donors (Lipinski definition) is 0. The Labute approximate surface area is 179 Å². The summed E-state index contributed by atoms with van der Waals surface area (Å²) in [7, 11) is 3.01. The molecule has 30 heavy (non-hydrogen) atoms. The Bertz CT molecular complexity index is 697. The summed E-state index contributed by atoms with van der Waals surface area (Å²) in [6.45, 7) is 5.89. The van der Waals surface area contributed by atoms with Gasteiger partial charge in [-0.15, -0.1) is 0 Å². The second-order valence-corrected chi connectivity index (χ2v) is 7.77. The number of rotatable bonds is 12. The topological polar surface area (TPSA) is 71.1 Å². The van der Waals surface area contributed by atoms with Crippen LogP contribution in [0.3, 0.4) is 0 Å². The molecule has 0 aliphatic heterocycles. The average molecular weight is 419 g/mol. The normalized spacial score (nSPS) is 12.8. The third kappa shape index (κ3) is 12.1. The molecular weight excluding hydrogens is 384 g/mol. The van der Waals surface area contributed by atoms with E-state index in [9.17, 15) is 9.59 Å². The lowest BCUT2D eigenvalue weighted by Gasteiger charge is -2.18. The number of unbranched alkanes of at least 4 members (excludes halogenated alkanes) is 1. The molecule has 0 bridgehead atoms. The predicted octanol–water partition coefficient (Wildman–Crippen LogP) is 4.77. The minimum absolute atomic E-state index is 0.204. The third-order valence-corrected chi connectivity index (χ3v) is 3.99. The summed E-state index contributed by atoms with van der Waals surface area (Å²) in [4.78, 5) is 23.1. The van der Waals surface area contributed by atoms with Crippen molar-refractivity contribution in [2.24, 2.45) is 0 Å². The van der Waals surface area contributed by atoms with Gasteiger partial charge in [0.25, 0.3) is 0 Å². The van der Waals surface area contributed by atoms with Gasteiger partial charge in [0, 0.05) is 12.5 Å². The van der Waals surface area contributed by atoms with Crippen LogP contribution in [0.25, 0.3) is 0 Å². The first-order valence-corrected chi connectivity index (χ1v) is 10.1. The van der Waals surface area contributed by atoms with Crippen LogP contribution in [0.1, 0.15) is 52.0 Å². The zero-order valence-electron chi connectivity index (χ0n) is 18.7. The highest BCUT2D eigenvalue weighted by Crippen LogP contribution is 2.14. The summed E-state index contributed by atoms with van der Waals surface area (Å²) in [6.07, 6.45) is 9.36. The second-order valence-electron chi connectivity index (χ2n) is 7.77. The molecule has 0 heterocycles. The number of carbonyl (C=O) groups excluding carboxylic acids is 2. The Morgan fingerprint density at radius 2 is 1.77 bits per heavy atom. The number of hydrogen-bond acceptors (Lipinski definition) is 6. The van der Waals surface area contributed by atoms with Crippen LogP contribution in [0.5, 0.6) is 5.75 Å². The summed E-state index contributed by atoms with van der Waals surface area (Å²) in [5, 5.41) is 0. The fourth-order valence-corrected chi connectivity index (χ4v) is 2.46. The molecular formula is C24H34O6. The average Bonchev–Trinajstić information content (AvgIpc) is 2.70. The first kappa shape index (κ1) is 25.4. The molecule has 1 rings (SSSR count). The predicted molar refractivity (Wildman–Crippen MR) is 116 cm³/mol. The highest BCUT2D eigenvalue weighted by atomic mass is 16.6. The maximum Gasteiger partial charge on any atom is 0.331 e. The van der Waals surface area contributed by atoms with Gasteiger partial charge in [0.2, 0.25) is 0 Å². The Hall–Kier alpha value is -2.60. The molecule has 0 amide bonds. The molecule has 0 saturated carbocycles. The minimum atomic E-state index is -0.541. The number of ether oxygens (including phenoxy) is 4. The van der Waals surface area contributed by atoms with Crippen molar-refractivity contribution in [1.29, 1.82) is 0 Å². The standard InChI is InChI=1S/C24H34O6/c1-24(2,3)30-23(26)17-16-21(10-8-6-7-9-11-22(25)28-5)29-18-19-12-14-20(27-4)15-13-19/h6,8,12-17,21H,7,9-11,18H2,1-5H3/b8-6-,17-16+/t21-/m0/s1. The number of methoxy groups -OCH3 is 2. The molecule has 1 aromatic carbocycles. The van der Waals surface area contributed by atoms with Crippen molar-refractivity contribution in [2.75, 3.05) is 14.2 Å². The highest BCUT2D eigenvalue weighted by molar-refractivity contribution is 5.82. The molecule has 1 atom stereocenters. The lowest BCUT2D eigenvalue weighted by molar-refractivity contribution is -0.148. The van der Waals surface area contributed by atoms with Crippen LogP contribution in [0, 0.1) is 0 Å². The molecule has 0 N–H and O–H groups in total. The van der Waals surface area contributed by atoms with Crippen molar-refractivity contribution in [2.45, 2.75) is 64.8 Å². The van der Waals surface area contributed by atoms with Crippen LogP contribution in [0.4, 0.5) is 0 Å². The molecule has 0 radical (unpaired) electrons. The van der Waals surface area contributed by atoms with E-state index in [0.29, 0.717) is 19.4 Å². The van der Waals surface area contributed by atoms with E-state index in [2.05, 4.69) is 4.74 Å². The first-order chi connectivity index (χ1) is 14.2. The van der Waals surface area contributed by atoms with Crippen molar-refractivity contribution < 1.29 is 28.5 Å². The summed E-state index contributed by atoms with van der Waals surface area (Å²) in [5.41, 5.74) is 0.467. The van der Waals surface area contributed by atoms with Crippen molar-refractivity contribution in [1.82, 2.24) is 0 Å². The molecule has 0 fully saturated rings. The minimum Gasteiger partial charge on any atom is -0.497 e. The van der Waals surface area contributed by atoms with Crippen LogP contribution in [-0.4, -0.2) is 37.9 Å². The SMILES string of the molecule is COC(=O)CCC/C=C\C[C@@H](/C=C/C(=O)OC(C)(C)C)OCc1ccc(OC)cc1. The van der Waals surface area contributed by atoms with Gasteiger partial charge in [-0.05, 0) is 63.8 Å². The Morgan fingerprint density at radius 3 is 2.37 bits per heavy atom. The van der Waals surface area contributed by atoms with E-state index in [1.54, 1.807) is 13.2 Å². The maximum absolute atomic E-state index is 12.0. The Morgan fingerprint density at radius 1 is 1.07 bits per heavy atom. The molecule has 0 saturated heterocycles. The van der Waals surface area contributed by atoms with Crippen LogP contribution in [-0.2, 0) is 30.4 Å². The zero-order valence-corrected chi connectivity index (χ0v) is 18.7. The number of carbonyl (C=O) groups is 2. The third-order valence-electron chi connectivity index (χ3n) is 3.99. The molecule has 0 aliphatic carbocycles. The van der Waals surface area contributed by atoms with Crippen molar-refractivity contribution >= 4 is 11.9 Å². The number of esters is 2. The molecule has 6 nitrogen and oxygen atoms in total. The van der Waals surface area contributed by atoms with Gasteiger partial charge >= 0.3 is 11.9 Å². The largest absolute Gasteiger partial charge is 0.497 e. The van der Waals surface area contributed by atoms with Crippen LogP contribution >= 0.6 is 0 Å². The van der Waals surface area contributed by atoms with E-state index in [-0.39, 0.29) is 12.1 Å². The molecule has 0 aliphatic rings. The van der Waals surface area contributed by atoms with Gasteiger partial charge in [0.1, 0.15) is 11.4 Å². The molecule has 6 heteroatoms. The van der Waals surface area contributed by atoms with E-state index in [0.717, 1.165) is 24.2 Å². The van der Waals surface area contributed by atoms with Crippen LogP contribution in [0.15, 0.2) is 48.6 Å². The van der Waals surface area contributed by atoms with Gasteiger partial charge in [0.05, 0.1) is 26.9 Å². The molecule has 0 aromatic heterocycles. The molecule has 0 spiro atoms. The maximum atomic E-state index is 12.0. The van der Waals surface area contributed by atoms with Crippen LogP contribution in [0.2, 0.25) is 0 Å². The summed E-state index contributed by atoms with van der Waals surface area (Å²) >= 11 is 0. The molecule has 1 aromatic rings. The van der Waals surface area contributed by atoms with E-state index in [1.165, 1.54) is 13.2 Å². The van der Waals surface area contributed by atoms with E-state index in [4.69, 9.17) is 14.2 Å². The summed E-state index contributed by atoms with van der Waals surface area (Å²) < 4.78 is 21.1. The molecule has 0 unspecified atom stereocenters. The van der Waals surface area contributed by atoms with Gasteiger partial charge in [-0.25, -0.2) is 4.79 Å². The van der Waals surface area contributed by atoms with Gasteiger partial charge in [0.15, 0.2) is 0 Å². The lowest BCUT2D eigenvalue weighted by atomic mass is 10.1. The first-order valence-electron chi connectivity index (χ1n) is 10.1. The van der Waals surface area contributed by atoms with Gasteiger partial charge < -0.3 is 18.9 Å². The summed E-state index contributed by atoms with van der Waals surface area (Å²) in [5.74, 6) is 0.182. The van der Waals surface area contributed by atoms with Gasteiger partial charge in [-0.3, -0.25) is 4.79 Å². The van der Waals surface area contributed by atoms with Crippen molar-refractivity contribution in [3.05, 3.63) is 54.1 Å². The quantitative estimate of drug-likeness (QED) is 0.211. The smallest absolute Gasteiger partial charge is 0.331 e. The van der Waals surface area contributed by atoms with Crippen molar-refractivity contribution in [3.63, 3.8) is 0 Å². The monoisotopic (exact) mass is 418 g/mol. The van der Waals surface area contributed by atoms with E-state index < -0.39 is 11.6 Å². The highest BCUT2D eigenvalue weighted by Gasteiger charge is 2.14. The van der Waals surface area contributed by atoms with E-state index >= 15 is 0 Å². The van der Waals surface area contributed by atoms with Gasteiger partial charge in [-0.2, -0.15) is 0 Å². The summed E-state index contributed by atoms with van der Waals surface area (Å²) in [6, 6.07) is 7.64. The van der Waals surface area contributed by atoms with Gasteiger partial charge in [-0.1, -0.05) is 24.3 Å². The fourth-order valence-electron chi connectivity index (χ4n) is 2.46.